The van der Waals surface area contributed by atoms with Crippen molar-refractivity contribution in [2.24, 2.45) is 5.73 Å². The summed E-state index contributed by atoms with van der Waals surface area (Å²) >= 11 is 1.72. The molecule has 25 heavy (non-hydrogen) atoms. The number of aryl methyl sites for hydroxylation is 1. The Kier molecular flexibility index (Phi) is 6.49. The molecule has 0 bridgehead atoms. The highest BCUT2D eigenvalue weighted by Gasteiger charge is 2.20. The normalized spacial score (nSPS) is 17.6. The fourth-order valence-corrected chi connectivity index (χ4v) is 3.70. The monoisotopic (exact) mass is 360 g/mol. The van der Waals surface area contributed by atoms with Crippen molar-refractivity contribution in [2.75, 3.05) is 36.9 Å². The average Bonchev–Trinajstić information content (AvgIpc) is 2.64. The van der Waals surface area contributed by atoms with Crippen LogP contribution in [0, 0.1) is 0 Å². The van der Waals surface area contributed by atoms with Crippen LogP contribution in [0.3, 0.4) is 0 Å². The average molecular weight is 360 g/mol. The van der Waals surface area contributed by atoms with Crippen LogP contribution >= 0.6 is 11.8 Å². The lowest BCUT2D eigenvalue weighted by molar-refractivity contribution is 0.0368. The van der Waals surface area contributed by atoms with Crippen molar-refractivity contribution in [2.45, 2.75) is 24.0 Å². The summed E-state index contributed by atoms with van der Waals surface area (Å²) in [4.78, 5) is 15.7. The van der Waals surface area contributed by atoms with Gasteiger partial charge in [-0.3, -0.25) is 4.79 Å². The van der Waals surface area contributed by atoms with Crippen molar-refractivity contribution in [3.63, 3.8) is 0 Å². The highest BCUT2D eigenvalue weighted by Crippen LogP contribution is 2.18. The quantitative estimate of drug-likeness (QED) is 0.756. The van der Waals surface area contributed by atoms with Crippen LogP contribution in [0.25, 0.3) is 0 Å². The van der Waals surface area contributed by atoms with E-state index in [0.717, 1.165) is 31.0 Å². The van der Waals surface area contributed by atoms with Crippen LogP contribution in [0.15, 0.2) is 52.3 Å². The molecule has 3 rings (SSSR count). The minimum atomic E-state index is -0.0620. The zero-order valence-electron chi connectivity index (χ0n) is 14.2. The molecule has 7 heteroatoms. The van der Waals surface area contributed by atoms with Gasteiger partial charge in [-0.2, -0.15) is 5.10 Å². The zero-order chi connectivity index (χ0) is 17.5. The Morgan fingerprint density at radius 1 is 1.32 bits per heavy atom. The van der Waals surface area contributed by atoms with Crippen LogP contribution in [-0.4, -0.2) is 47.9 Å². The Morgan fingerprint density at radius 3 is 2.92 bits per heavy atom. The summed E-state index contributed by atoms with van der Waals surface area (Å²) in [6.45, 7) is 3.39. The van der Waals surface area contributed by atoms with Gasteiger partial charge >= 0.3 is 0 Å². The van der Waals surface area contributed by atoms with Crippen molar-refractivity contribution in [3.8, 4) is 0 Å². The Balaban J connectivity index is 1.58. The van der Waals surface area contributed by atoms with Gasteiger partial charge in [0.05, 0.1) is 31.1 Å². The Labute approximate surface area is 152 Å². The second-order valence-electron chi connectivity index (χ2n) is 5.95. The van der Waals surface area contributed by atoms with Crippen LogP contribution in [0.1, 0.15) is 6.42 Å². The summed E-state index contributed by atoms with van der Waals surface area (Å²) in [5, 5.41) is 4.34. The van der Waals surface area contributed by atoms with Gasteiger partial charge in [0.15, 0.2) is 0 Å². The lowest BCUT2D eigenvalue weighted by Crippen LogP contribution is -2.43. The first-order valence-corrected chi connectivity index (χ1v) is 9.56. The van der Waals surface area contributed by atoms with E-state index in [2.05, 4.69) is 22.1 Å². The smallest absolute Gasteiger partial charge is 0.268 e. The molecular weight excluding hydrogens is 336 g/mol. The molecule has 0 amide bonds. The lowest BCUT2D eigenvalue weighted by atomic mass is 10.2. The third kappa shape index (κ3) is 5.07. The molecule has 1 aliphatic rings. The largest absolute Gasteiger partial charge is 0.374 e. The van der Waals surface area contributed by atoms with E-state index in [0.29, 0.717) is 19.7 Å². The lowest BCUT2D eigenvalue weighted by Gasteiger charge is -2.34. The summed E-state index contributed by atoms with van der Waals surface area (Å²) < 4.78 is 7.22. The van der Waals surface area contributed by atoms with Crippen LogP contribution in [-0.2, 0) is 11.3 Å². The first kappa shape index (κ1) is 18.0. The summed E-state index contributed by atoms with van der Waals surface area (Å²) in [5.74, 6) is 0.812. The van der Waals surface area contributed by atoms with Gasteiger partial charge in [0.1, 0.15) is 0 Å². The number of nitrogens with zero attached hydrogens (tertiary/aromatic N) is 3. The predicted molar refractivity (Wildman–Crippen MR) is 101 cm³/mol. The Bertz CT molecular complexity index is 721. The standard InChI is InChI=1S/C18H24N4O2S/c19-7-6-16-14-21(8-10-24-16)15-12-18(23)22(20-13-15)9-11-25-17-4-2-1-3-5-17/h1-5,12-13,16H,6-11,14,19H2. The van der Waals surface area contributed by atoms with Gasteiger partial charge in [-0.1, -0.05) is 18.2 Å². The minimum Gasteiger partial charge on any atom is -0.374 e. The number of rotatable bonds is 7. The fourth-order valence-electron chi connectivity index (χ4n) is 2.85. The van der Waals surface area contributed by atoms with E-state index in [-0.39, 0.29) is 11.7 Å². The molecule has 0 aliphatic carbocycles. The predicted octanol–water partition coefficient (Wildman–Crippen LogP) is 1.59. The van der Waals surface area contributed by atoms with Crippen molar-refractivity contribution >= 4 is 17.4 Å². The molecular formula is C18H24N4O2S. The third-order valence-electron chi connectivity index (χ3n) is 4.16. The molecule has 1 aromatic carbocycles. The van der Waals surface area contributed by atoms with Gasteiger partial charge in [-0.05, 0) is 25.1 Å². The van der Waals surface area contributed by atoms with Gasteiger partial charge in [-0.15, -0.1) is 11.8 Å². The maximum absolute atomic E-state index is 12.3. The zero-order valence-corrected chi connectivity index (χ0v) is 15.0. The number of ether oxygens (including phenoxy) is 1. The van der Waals surface area contributed by atoms with Crippen molar-refractivity contribution in [1.82, 2.24) is 9.78 Å². The molecule has 1 fully saturated rings. The highest BCUT2D eigenvalue weighted by atomic mass is 32.2. The van der Waals surface area contributed by atoms with Gasteiger partial charge in [0, 0.05) is 29.8 Å². The van der Waals surface area contributed by atoms with Crippen molar-refractivity contribution < 1.29 is 4.74 Å². The van der Waals surface area contributed by atoms with Crippen molar-refractivity contribution in [3.05, 3.63) is 52.9 Å². The van der Waals surface area contributed by atoms with Gasteiger partial charge in [-0.25, -0.2) is 4.68 Å². The van der Waals surface area contributed by atoms with Crippen molar-refractivity contribution in [1.29, 1.82) is 0 Å². The van der Waals surface area contributed by atoms with Gasteiger partial charge in [0.25, 0.3) is 5.56 Å². The number of benzene rings is 1. The number of thioether (sulfide) groups is 1. The molecule has 1 aromatic heterocycles. The van der Waals surface area contributed by atoms with E-state index in [9.17, 15) is 4.79 Å². The second kappa shape index (κ2) is 9.03. The third-order valence-corrected chi connectivity index (χ3v) is 5.15. The molecule has 1 aliphatic heterocycles. The van der Waals surface area contributed by atoms with E-state index in [4.69, 9.17) is 10.5 Å². The maximum atomic E-state index is 12.3. The molecule has 0 saturated carbocycles. The Morgan fingerprint density at radius 2 is 2.16 bits per heavy atom. The molecule has 1 unspecified atom stereocenters. The summed E-state index contributed by atoms with van der Waals surface area (Å²) in [5.41, 5.74) is 6.41. The number of nitrogens with two attached hydrogens (primary N) is 1. The maximum Gasteiger partial charge on any atom is 0.268 e. The van der Waals surface area contributed by atoms with E-state index < -0.39 is 0 Å². The SMILES string of the molecule is NCCC1CN(c2cnn(CCSc3ccccc3)c(=O)c2)CCO1. The molecule has 2 heterocycles. The fraction of sp³-hybridized carbons (Fsp3) is 0.444. The molecule has 6 nitrogen and oxygen atoms in total. The summed E-state index contributed by atoms with van der Waals surface area (Å²) in [6.07, 6.45) is 2.74. The van der Waals surface area contributed by atoms with Crippen LogP contribution in [0.2, 0.25) is 0 Å². The summed E-state index contributed by atoms with van der Waals surface area (Å²) in [6, 6.07) is 11.8. The van der Waals surface area contributed by atoms with E-state index >= 15 is 0 Å². The minimum absolute atomic E-state index is 0.0620. The number of hydrogen-bond donors (Lipinski definition) is 1. The van der Waals surface area contributed by atoms with Gasteiger partial charge < -0.3 is 15.4 Å². The number of morpholine rings is 1. The molecule has 1 saturated heterocycles. The highest BCUT2D eigenvalue weighted by molar-refractivity contribution is 7.99. The summed E-state index contributed by atoms with van der Waals surface area (Å²) in [7, 11) is 0. The van der Waals surface area contributed by atoms with Gasteiger partial charge in [0.2, 0.25) is 0 Å². The molecule has 2 aromatic rings. The van der Waals surface area contributed by atoms with Crippen LogP contribution in [0.5, 0.6) is 0 Å². The topological polar surface area (TPSA) is 73.4 Å². The van der Waals surface area contributed by atoms with Crippen LogP contribution in [0.4, 0.5) is 5.69 Å². The molecule has 0 spiro atoms. The first-order chi connectivity index (χ1) is 12.3. The Hall–Kier alpha value is -1.83. The number of anilines is 1. The number of aromatic nitrogens is 2. The van der Waals surface area contributed by atoms with E-state index in [1.54, 1.807) is 24.0 Å². The van der Waals surface area contributed by atoms with E-state index in [1.807, 2.05) is 18.2 Å². The molecule has 1 atom stereocenters. The molecule has 0 radical (unpaired) electrons. The van der Waals surface area contributed by atoms with E-state index in [1.165, 1.54) is 9.58 Å². The van der Waals surface area contributed by atoms with Crippen LogP contribution < -0.4 is 16.2 Å². The first-order valence-electron chi connectivity index (χ1n) is 8.58. The number of hydrogen-bond acceptors (Lipinski definition) is 6. The molecule has 134 valence electrons. The molecule has 2 N–H and O–H groups in total. The second-order valence-corrected chi connectivity index (χ2v) is 7.12.